The number of amides is 1. The molecular weight excluding hydrogens is 617 g/mol. The number of carbonyl (C=O) groups excluding carboxylic acids is 1. The van der Waals surface area contributed by atoms with Crippen molar-refractivity contribution in [3.05, 3.63) is 77.1 Å². The number of nitrogens with zero attached hydrogens (tertiary/aromatic N) is 1. The number of anilines is 1. The molecule has 0 aliphatic carbocycles. The number of carbonyl (C=O) groups is 1. The van der Waals surface area contributed by atoms with Crippen molar-refractivity contribution >= 4 is 33.2 Å². The number of alkyl halides is 6. The number of fused-ring (bicyclic) bond motifs is 1. The summed E-state index contributed by atoms with van der Waals surface area (Å²) >= 11 is 6.09. The van der Waals surface area contributed by atoms with Crippen LogP contribution in [0.1, 0.15) is 19.4 Å². The zero-order valence-electron chi connectivity index (χ0n) is 21.8. The van der Waals surface area contributed by atoms with Gasteiger partial charge in [0, 0.05) is 5.56 Å². The van der Waals surface area contributed by atoms with Crippen molar-refractivity contribution < 1.29 is 48.7 Å². The highest BCUT2D eigenvalue weighted by atomic mass is 35.5. The average Bonchev–Trinajstić information content (AvgIpc) is 2.91. The molecule has 0 radical (unpaired) electrons. The molecule has 0 aromatic heterocycles. The molecule has 1 atom stereocenters. The van der Waals surface area contributed by atoms with Crippen LogP contribution >= 0.6 is 11.6 Å². The van der Waals surface area contributed by atoms with Gasteiger partial charge in [-0.3, -0.25) is 9.10 Å². The molecule has 0 saturated carbocycles. The predicted octanol–water partition coefficient (Wildman–Crippen LogP) is 6.83. The summed E-state index contributed by atoms with van der Waals surface area (Å²) in [6, 6.07) is 10.9. The van der Waals surface area contributed by atoms with E-state index in [1.165, 1.54) is 30.3 Å². The maximum atomic E-state index is 14.1. The van der Waals surface area contributed by atoms with E-state index < -0.39 is 69.2 Å². The highest BCUT2D eigenvalue weighted by Gasteiger charge is 2.53. The third kappa shape index (κ3) is 6.00. The summed E-state index contributed by atoms with van der Waals surface area (Å²) in [6.45, 7) is 0.175. The maximum absolute atomic E-state index is 14.1. The number of sulfonamides is 1. The lowest BCUT2D eigenvalue weighted by Gasteiger charge is -2.36. The molecular formula is C27H22ClF7N2O4S. The zero-order valence-corrected chi connectivity index (χ0v) is 23.3. The molecule has 1 N–H and O–H groups in total. The Labute approximate surface area is 241 Å². The Hall–Kier alpha value is -3.52. The Morgan fingerprint density at radius 2 is 1.69 bits per heavy atom. The van der Waals surface area contributed by atoms with E-state index in [1.54, 1.807) is 0 Å². The molecule has 1 heterocycles. The number of benzene rings is 3. The smallest absolute Gasteiger partial charge is 0.416 e. The first kappa shape index (κ1) is 31.4. The number of rotatable bonds is 6. The van der Waals surface area contributed by atoms with Crippen LogP contribution in [0.25, 0.3) is 11.1 Å². The lowest BCUT2D eigenvalue weighted by Crippen LogP contribution is -2.52. The molecule has 6 nitrogen and oxygen atoms in total. The van der Waals surface area contributed by atoms with Crippen LogP contribution in [0.5, 0.6) is 5.75 Å². The molecule has 15 heteroatoms. The molecule has 226 valence electrons. The average molecular weight is 639 g/mol. The first-order valence-corrected chi connectivity index (χ1v) is 14.0. The summed E-state index contributed by atoms with van der Waals surface area (Å²) in [5.41, 5.74) is -3.73. The van der Waals surface area contributed by atoms with Crippen molar-refractivity contribution in [1.82, 2.24) is 5.32 Å². The Bertz CT molecular complexity index is 1630. The quantitative estimate of drug-likeness (QED) is 0.301. The maximum Gasteiger partial charge on any atom is 0.416 e. The summed E-state index contributed by atoms with van der Waals surface area (Å²) in [7, 11) is -4.75. The molecule has 42 heavy (non-hydrogen) atoms. The van der Waals surface area contributed by atoms with Crippen LogP contribution in [0.3, 0.4) is 0 Å². The van der Waals surface area contributed by atoms with Crippen molar-refractivity contribution in [2.45, 2.75) is 37.2 Å². The van der Waals surface area contributed by atoms with Gasteiger partial charge >= 0.3 is 12.4 Å². The first-order chi connectivity index (χ1) is 19.3. The fraction of sp³-hybridized carbons (Fsp3) is 0.296. The molecule has 0 saturated heterocycles. The highest BCUT2D eigenvalue weighted by Crippen LogP contribution is 2.42. The van der Waals surface area contributed by atoms with Gasteiger partial charge in [-0.15, -0.1) is 0 Å². The normalized spacial score (nSPS) is 16.0. The van der Waals surface area contributed by atoms with Crippen LogP contribution in [0.2, 0.25) is 5.02 Å². The number of nitrogens with one attached hydrogen (secondary N) is 1. The Morgan fingerprint density at radius 1 is 1.02 bits per heavy atom. The minimum Gasteiger partial charge on any atom is -0.484 e. The number of halogens is 8. The largest absolute Gasteiger partial charge is 0.484 e. The van der Waals surface area contributed by atoms with Crippen LogP contribution < -0.4 is 14.4 Å². The van der Waals surface area contributed by atoms with Gasteiger partial charge in [0.15, 0.2) is 0 Å². The highest BCUT2D eigenvalue weighted by molar-refractivity contribution is 7.92. The van der Waals surface area contributed by atoms with Crippen LogP contribution in [-0.4, -0.2) is 39.7 Å². The second-order valence-electron chi connectivity index (χ2n) is 9.92. The van der Waals surface area contributed by atoms with Crippen LogP contribution in [-0.2, 0) is 21.0 Å². The molecule has 0 bridgehead atoms. The monoisotopic (exact) mass is 638 g/mol. The Kier molecular flexibility index (Phi) is 8.19. The molecule has 1 aliphatic heterocycles. The van der Waals surface area contributed by atoms with E-state index in [0.717, 1.165) is 22.5 Å². The summed E-state index contributed by atoms with van der Waals surface area (Å²) < 4.78 is 128. The van der Waals surface area contributed by atoms with Gasteiger partial charge in [-0.25, -0.2) is 12.8 Å². The lowest BCUT2D eigenvalue weighted by molar-refractivity contribution is -0.211. The summed E-state index contributed by atoms with van der Waals surface area (Å²) in [4.78, 5) is 11.6. The lowest BCUT2D eigenvalue weighted by atomic mass is 9.91. The molecule has 1 aliphatic rings. The van der Waals surface area contributed by atoms with Gasteiger partial charge in [0.05, 0.1) is 34.3 Å². The SMILES string of the molecule is CC(C)(C(=O)NCC1CN(S(=O)(=O)c2cccc(C(F)(F)F)c2)c2cc(-c3cccc(F)c3Cl)ccc2O1)C(F)(F)F. The molecule has 3 aromatic rings. The molecule has 0 spiro atoms. The van der Waals surface area contributed by atoms with Gasteiger partial charge in [-0.2, -0.15) is 26.3 Å². The van der Waals surface area contributed by atoms with E-state index in [2.05, 4.69) is 5.32 Å². The standard InChI is InChI=1S/C27H22ClF7N2O4S/c1-25(2,27(33,34)35)24(38)36-13-17-14-37(42(39,40)18-6-3-5-16(12-18)26(30,31)32)21-11-15(9-10-22(21)41-17)19-7-4-8-20(29)23(19)28/h3-12,17H,13-14H2,1-2H3,(H,36,38). The predicted molar refractivity (Wildman–Crippen MR) is 140 cm³/mol. The Morgan fingerprint density at radius 3 is 2.33 bits per heavy atom. The van der Waals surface area contributed by atoms with Gasteiger partial charge in [-0.1, -0.05) is 35.9 Å². The van der Waals surface area contributed by atoms with Crippen molar-refractivity contribution in [2.24, 2.45) is 5.41 Å². The minimum atomic E-state index is -4.88. The summed E-state index contributed by atoms with van der Waals surface area (Å²) in [5.74, 6) is -2.26. The van der Waals surface area contributed by atoms with Crippen molar-refractivity contribution in [1.29, 1.82) is 0 Å². The molecule has 1 amide bonds. The van der Waals surface area contributed by atoms with Gasteiger partial charge < -0.3 is 10.1 Å². The van der Waals surface area contributed by atoms with Crippen molar-refractivity contribution in [3.8, 4) is 16.9 Å². The molecule has 3 aromatic carbocycles. The third-order valence-electron chi connectivity index (χ3n) is 6.67. The molecule has 0 fully saturated rings. The molecule has 4 rings (SSSR count). The van der Waals surface area contributed by atoms with Gasteiger partial charge in [-0.05, 0) is 55.8 Å². The van der Waals surface area contributed by atoms with E-state index >= 15 is 0 Å². The van der Waals surface area contributed by atoms with Crippen LogP contribution in [0, 0.1) is 11.2 Å². The van der Waals surface area contributed by atoms with E-state index in [1.807, 2.05) is 0 Å². The van der Waals surface area contributed by atoms with Crippen molar-refractivity contribution in [2.75, 3.05) is 17.4 Å². The van der Waals surface area contributed by atoms with E-state index in [9.17, 15) is 43.9 Å². The van der Waals surface area contributed by atoms with E-state index in [0.29, 0.717) is 26.0 Å². The van der Waals surface area contributed by atoms with Gasteiger partial charge in [0.25, 0.3) is 10.0 Å². The first-order valence-electron chi connectivity index (χ1n) is 12.1. The topological polar surface area (TPSA) is 75.7 Å². The van der Waals surface area contributed by atoms with Gasteiger partial charge in [0.2, 0.25) is 5.91 Å². The third-order valence-corrected chi connectivity index (χ3v) is 8.83. The second kappa shape index (κ2) is 11.0. The number of ether oxygens (including phenoxy) is 1. The van der Waals surface area contributed by atoms with Crippen molar-refractivity contribution in [3.63, 3.8) is 0 Å². The second-order valence-corrected chi connectivity index (χ2v) is 12.2. The Balaban J connectivity index is 1.77. The summed E-state index contributed by atoms with van der Waals surface area (Å²) in [6.07, 6.45) is -11.0. The molecule has 1 unspecified atom stereocenters. The number of hydrogen-bond acceptors (Lipinski definition) is 4. The van der Waals surface area contributed by atoms with Crippen LogP contribution in [0.4, 0.5) is 36.4 Å². The summed E-state index contributed by atoms with van der Waals surface area (Å²) in [5, 5.41) is 1.84. The minimum absolute atomic E-state index is 0.109. The van der Waals surface area contributed by atoms with Crippen LogP contribution in [0.15, 0.2) is 65.6 Å². The number of hydrogen-bond donors (Lipinski definition) is 1. The van der Waals surface area contributed by atoms with E-state index in [4.69, 9.17) is 16.3 Å². The zero-order chi connectivity index (χ0) is 31.3. The van der Waals surface area contributed by atoms with Gasteiger partial charge in [0.1, 0.15) is 23.1 Å². The fourth-order valence-corrected chi connectivity index (χ4v) is 5.84. The van der Waals surface area contributed by atoms with E-state index in [-0.39, 0.29) is 27.6 Å². The fourth-order valence-electron chi connectivity index (χ4n) is 4.06.